The van der Waals surface area contributed by atoms with Crippen LogP contribution in [-0.4, -0.2) is 37.2 Å². The number of carbonyl (C=O) groups excluding carboxylic acids is 3. The first-order valence-corrected chi connectivity index (χ1v) is 9.61. The number of amides is 2. The summed E-state index contributed by atoms with van der Waals surface area (Å²) in [7, 11) is 1.32. The molecule has 2 unspecified atom stereocenters. The van der Waals surface area contributed by atoms with Gasteiger partial charge in [0.15, 0.2) is 0 Å². The van der Waals surface area contributed by atoms with Gasteiger partial charge in [-0.25, -0.2) is 4.79 Å². The van der Waals surface area contributed by atoms with E-state index in [1.807, 2.05) is 13.8 Å². The fourth-order valence-corrected chi connectivity index (χ4v) is 2.68. The highest BCUT2D eigenvalue weighted by molar-refractivity contribution is 6.30. The number of rotatable bonds is 9. The topological polar surface area (TPSA) is 93.7 Å². The maximum Gasteiger partial charge on any atom is 0.408 e. The minimum absolute atomic E-state index is 0.138. The van der Waals surface area contributed by atoms with E-state index in [2.05, 4.69) is 15.4 Å². The van der Waals surface area contributed by atoms with Crippen LogP contribution in [0.1, 0.15) is 52.1 Å². The third-order valence-electron chi connectivity index (χ3n) is 4.02. The molecule has 0 aliphatic rings. The van der Waals surface area contributed by atoms with Crippen molar-refractivity contribution in [1.82, 2.24) is 10.6 Å². The number of benzene rings is 1. The van der Waals surface area contributed by atoms with Crippen molar-refractivity contribution in [3.8, 4) is 0 Å². The van der Waals surface area contributed by atoms with E-state index < -0.39 is 18.2 Å². The fraction of sp³-hybridized carbons (Fsp3) is 0.550. The van der Waals surface area contributed by atoms with Crippen LogP contribution in [-0.2, 0) is 19.1 Å². The second-order valence-electron chi connectivity index (χ2n) is 7.05. The molecule has 2 atom stereocenters. The fourth-order valence-electron chi connectivity index (χ4n) is 2.55. The van der Waals surface area contributed by atoms with Gasteiger partial charge in [0.2, 0.25) is 5.91 Å². The van der Waals surface area contributed by atoms with Crippen molar-refractivity contribution < 1.29 is 23.9 Å². The van der Waals surface area contributed by atoms with Crippen LogP contribution in [0.2, 0.25) is 5.02 Å². The average Bonchev–Trinajstić information content (AvgIpc) is 2.62. The third-order valence-corrected chi connectivity index (χ3v) is 4.27. The molecular formula is C20H29ClN2O5. The summed E-state index contributed by atoms with van der Waals surface area (Å²) in [5, 5.41) is 6.09. The van der Waals surface area contributed by atoms with E-state index in [0.717, 1.165) is 5.56 Å². The summed E-state index contributed by atoms with van der Waals surface area (Å²) in [4.78, 5) is 36.3. The molecule has 0 radical (unpaired) electrons. The van der Waals surface area contributed by atoms with Gasteiger partial charge in [0.25, 0.3) is 0 Å². The zero-order valence-electron chi connectivity index (χ0n) is 17.0. The van der Waals surface area contributed by atoms with Gasteiger partial charge in [-0.15, -0.1) is 0 Å². The Hall–Kier alpha value is -2.28. The second kappa shape index (κ2) is 11.5. The lowest BCUT2D eigenvalue weighted by molar-refractivity contribution is -0.141. The molecule has 0 saturated carbocycles. The molecule has 0 saturated heterocycles. The van der Waals surface area contributed by atoms with Crippen molar-refractivity contribution in [2.75, 3.05) is 7.11 Å². The number of alkyl carbamates (subject to hydrolysis) is 1. The van der Waals surface area contributed by atoms with Gasteiger partial charge >= 0.3 is 12.1 Å². The maximum atomic E-state index is 12.8. The van der Waals surface area contributed by atoms with E-state index in [-0.39, 0.29) is 30.3 Å². The van der Waals surface area contributed by atoms with Gasteiger partial charge in [-0.05, 0) is 43.9 Å². The third kappa shape index (κ3) is 8.17. The number of carbonyl (C=O) groups is 3. The zero-order chi connectivity index (χ0) is 21.3. The predicted octanol–water partition coefficient (Wildman–Crippen LogP) is 3.61. The zero-order valence-corrected chi connectivity index (χ0v) is 17.7. The van der Waals surface area contributed by atoms with E-state index in [4.69, 9.17) is 16.3 Å². The number of halogens is 1. The molecule has 1 aromatic rings. The molecule has 0 aliphatic carbocycles. The number of hydrogen-bond donors (Lipinski definition) is 2. The highest BCUT2D eigenvalue weighted by Crippen LogP contribution is 2.22. The molecule has 0 bridgehead atoms. The van der Waals surface area contributed by atoms with Gasteiger partial charge in [0.1, 0.15) is 6.04 Å². The molecule has 0 spiro atoms. The van der Waals surface area contributed by atoms with Crippen molar-refractivity contribution >= 4 is 29.6 Å². The number of methoxy groups -OCH3 is 1. The molecule has 28 heavy (non-hydrogen) atoms. The summed E-state index contributed by atoms with van der Waals surface area (Å²) in [6, 6.07) is 5.79. The first-order valence-electron chi connectivity index (χ1n) is 9.23. The molecule has 0 aromatic heterocycles. The molecule has 2 N–H and O–H groups in total. The van der Waals surface area contributed by atoms with Gasteiger partial charge < -0.3 is 20.1 Å². The quantitative estimate of drug-likeness (QED) is 0.604. The van der Waals surface area contributed by atoms with E-state index in [0.29, 0.717) is 11.4 Å². The van der Waals surface area contributed by atoms with Crippen LogP contribution in [0.4, 0.5) is 4.79 Å². The van der Waals surface area contributed by atoms with Crippen molar-refractivity contribution in [3.63, 3.8) is 0 Å². The Morgan fingerprint density at radius 2 is 1.64 bits per heavy atom. The normalized spacial score (nSPS) is 13.0. The second-order valence-corrected chi connectivity index (χ2v) is 7.48. The summed E-state index contributed by atoms with van der Waals surface area (Å²) >= 11 is 5.94. The molecule has 0 fully saturated rings. The van der Waals surface area contributed by atoms with E-state index in [1.54, 1.807) is 38.1 Å². The Balaban J connectivity index is 2.93. The number of nitrogens with one attached hydrogen (secondary N) is 2. The van der Waals surface area contributed by atoms with Gasteiger partial charge in [-0.1, -0.05) is 37.6 Å². The minimum atomic E-state index is -0.779. The Morgan fingerprint density at radius 3 is 2.14 bits per heavy atom. The lowest BCUT2D eigenvalue weighted by Gasteiger charge is -2.26. The van der Waals surface area contributed by atoms with Crippen LogP contribution in [0, 0.1) is 5.92 Å². The van der Waals surface area contributed by atoms with Crippen molar-refractivity contribution in [1.29, 1.82) is 0 Å². The van der Waals surface area contributed by atoms with E-state index in [9.17, 15) is 14.4 Å². The Labute approximate surface area is 171 Å². The number of hydrogen-bond acceptors (Lipinski definition) is 5. The van der Waals surface area contributed by atoms with Crippen LogP contribution >= 0.6 is 11.6 Å². The predicted molar refractivity (Wildman–Crippen MR) is 107 cm³/mol. The Bertz CT molecular complexity index is 661. The standard InChI is InChI=1S/C20H29ClN2O5/c1-12(2)18(23-20(26)28-13(3)4)19(25)22-16(10-11-17(24)27-5)14-6-8-15(21)9-7-14/h6-9,12-13,16,18H,10-11H2,1-5H3,(H,22,25)(H,23,26). The Kier molecular flexibility index (Phi) is 9.79. The summed E-state index contributed by atoms with van der Waals surface area (Å²) in [6.07, 6.45) is -0.459. The smallest absolute Gasteiger partial charge is 0.408 e. The average molecular weight is 413 g/mol. The summed E-state index contributed by atoms with van der Waals surface area (Å²) < 4.78 is 9.76. The highest BCUT2D eigenvalue weighted by Gasteiger charge is 2.27. The van der Waals surface area contributed by atoms with Crippen molar-refractivity contribution in [2.24, 2.45) is 5.92 Å². The molecule has 1 rings (SSSR count). The van der Waals surface area contributed by atoms with Gasteiger partial charge in [0.05, 0.1) is 19.3 Å². The van der Waals surface area contributed by atoms with Gasteiger partial charge in [-0.2, -0.15) is 0 Å². The molecule has 0 aliphatic heterocycles. The van der Waals surface area contributed by atoms with Crippen LogP contribution in [0.25, 0.3) is 0 Å². The number of esters is 1. The molecule has 156 valence electrons. The van der Waals surface area contributed by atoms with E-state index >= 15 is 0 Å². The molecule has 0 heterocycles. The maximum absolute atomic E-state index is 12.8. The van der Waals surface area contributed by atoms with Crippen LogP contribution in [0.15, 0.2) is 24.3 Å². The summed E-state index contributed by atoms with van der Waals surface area (Å²) in [5.41, 5.74) is 0.800. The van der Waals surface area contributed by atoms with E-state index in [1.165, 1.54) is 7.11 Å². The van der Waals surface area contributed by atoms with Crippen molar-refractivity contribution in [3.05, 3.63) is 34.9 Å². The summed E-state index contributed by atoms with van der Waals surface area (Å²) in [5.74, 6) is -0.890. The lowest BCUT2D eigenvalue weighted by Crippen LogP contribution is -2.50. The first kappa shape index (κ1) is 23.8. The monoisotopic (exact) mass is 412 g/mol. The van der Waals surface area contributed by atoms with Crippen molar-refractivity contribution in [2.45, 2.75) is 58.7 Å². The first-order chi connectivity index (χ1) is 13.1. The molecule has 2 amide bonds. The lowest BCUT2D eigenvalue weighted by atomic mass is 9.99. The SMILES string of the molecule is COC(=O)CCC(NC(=O)C(NC(=O)OC(C)C)C(C)C)c1ccc(Cl)cc1. The van der Waals surface area contributed by atoms with Crippen LogP contribution < -0.4 is 10.6 Å². The largest absolute Gasteiger partial charge is 0.469 e. The minimum Gasteiger partial charge on any atom is -0.469 e. The molecule has 1 aromatic carbocycles. The summed E-state index contributed by atoms with van der Waals surface area (Å²) in [6.45, 7) is 7.11. The molecule has 7 nitrogen and oxygen atoms in total. The van der Waals surface area contributed by atoms with Gasteiger partial charge in [0, 0.05) is 11.4 Å². The highest BCUT2D eigenvalue weighted by atomic mass is 35.5. The molecule has 8 heteroatoms. The van der Waals surface area contributed by atoms with Gasteiger partial charge in [-0.3, -0.25) is 9.59 Å². The Morgan fingerprint density at radius 1 is 1.04 bits per heavy atom. The van der Waals surface area contributed by atoms with Crippen LogP contribution in [0.5, 0.6) is 0 Å². The number of ether oxygens (including phenoxy) is 2. The van der Waals surface area contributed by atoms with Crippen LogP contribution in [0.3, 0.4) is 0 Å². The molecular weight excluding hydrogens is 384 g/mol.